The number of aliphatic carboxylic acids is 1. The minimum Gasteiger partial charge on any atom is -0.484 e. The summed E-state index contributed by atoms with van der Waals surface area (Å²) in [5.74, 6) is 0.630. The highest BCUT2D eigenvalue weighted by molar-refractivity contribution is 5.98. The van der Waals surface area contributed by atoms with Crippen molar-refractivity contribution in [3.05, 3.63) is 23.5 Å². The zero-order chi connectivity index (χ0) is 18.3. The molecular weight excluding hydrogens is 304 g/mol. The van der Waals surface area contributed by atoms with Crippen molar-refractivity contribution in [2.24, 2.45) is 11.8 Å². The zero-order valence-electron chi connectivity index (χ0n) is 15.7. The SMILES string of the molecule is C/C(=C\CCC(C)CC(=O)O)CCCC(C)C1=CC(=O)C(C)(C)O1. The van der Waals surface area contributed by atoms with E-state index < -0.39 is 11.6 Å². The van der Waals surface area contributed by atoms with Crippen LogP contribution >= 0.6 is 0 Å². The van der Waals surface area contributed by atoms with Gasteiger partial charge >= 0.3 is 5.97 Å². The third-order valence-electron chi connectivity index (χ3n) is 4.61. The van der Waals surface area contributed by atoms with Crippen LogP contribution in [0.25, 0.3) is 0 Å². The van der Waals surface area contributed by atoms with Crippen molar-refractivity contribution < 1.29 is 19.4 Å². The predicted octanol–water partition coefficient (Wildman–Crippen LogP) is 4.89. The molecule has 1 aliphatic rings. The summed E-state index contributed by atoms with van der Waals surface area (Å²) in [6.07, 6.45) is 9.05. The fourth-order valence-corrected chi connectivity index (χ4v) is 2.87. The van der Waals surface area contributed by atoms with E-state index >= 15 is 0 Å². The summed E-state index contributed by atoms with van der Waals surface area (Å²) in [4.78, 5) is 22.4. The largest absolute Gasteiger partial charge is 0.484 e. The van der Waals surface area contributed by atoms with E-state index in [0.29, 0.717) is 0 Å². The van der Waals surface area contributed by atoms with E-state index in [1.54, 1.807) is 6.08 Å². The molecule has 4 nitrogen and oxygen atoms in total. The molecule has 0 amide bonds. The molecule has 0 aliphatic carbocycles. The number of ketones is 1. The number of hydrogen-bond acceptors (Lipinski definition) is 3. The van der Waals surface area contributed by atoms with E-state index in [-0.39, 0.29) is 24.0 Å². The molecule has 0 aromatic rings. The maximum atomic E-state index is 11.8. The van der Waals surface area contributed by atoms with Gasteiger partial charge in [0.1, 0.15) is 5.76 Å². The van der Waals surface area contributed by atoms with E-state index in [0.717, 1.165) is 37.9 Å². The Balaban J connectivity index is 2.26. The minimum absolute atomic E-state index is 0.0518. The van der Waals surface area contributed by atoms with E-state index in [2.05, 4.69) is 19.9 Å². The minimum atomic E-state index is -0.720. The number of allylic oxidation sites excluding steroid dienone is 3. The molecule has 1 aliphatic heterocycles. The Morgan fingerprint density at radius 3 is 2.54 bits per heavy atom. The molecule has 1 rings (SSSR count). The lowest BCUT2D eigenvalue weighted by Crippen LogP contribution is -2.28. The van der Waals surface area contributed by atoms with Crippen molar-refractivity contribution >= 4 is 11.8 Å². The maximum absolute atomic E-state index is 11.8. The molecule has 0 saturated carbocycles. The zero-order valence-corrected chi connectivity index (χ0v) is 15.7. The highest BCUT2D eigenvalue weighted by Crippen LogP contribution is 2.31. The van der Waals surface area contributed by atoms with E-state index in [1.165, 1.54) is 5.57 Å². The monoisotopic (exact) mass is 336 g/mol. The van der Waals surface area contributed by atoms with Crippen molar-refractivity contribution in [1.82, 2.24) is 0 Å². The van der Waals surface area contributed by atoms with Crippen LogP contribution in [0.1, 0.15) is 73.1 Å². The molecule has 0 saturated heterocycles. The normalized spacial score (nSPS) is 19.6. The Labute approximate surface area is 146 Å². The van der Waals surface area contributed by atoms with Gasteiger partial charge in [0.2, 0.25) is 5.78 Å². The third kappa shape index (κ3) is 6.90. The van der Waals surface area contributed by atoms with Gasteiger partial charge in [-0.15, -0.1) is 0 Å². The van der Waals surface area contributed by atoms with Crippen molar-refractivity contribution in [3.63, 3.8) is 0 Å². The molecule has 24 heavy (non-hydrogen) atoms. The first-order valence-corrected chi connectivity index (χ1v) is 8.94. The number of ether oxygens (including phenoxy) is 1. The fourth-order valence-electron chi connectivity index (χ4n) is 2.87. The predicted molar refractivity (Wildman–Crippen MR) is 95.7 cm³/mol. The lowest BCUT2D eigenvalue weighted by atomic mass is 9.97. The molecule has 0 bridgehead atoms. The highest BCUT2D eigenvalue weighted by Gasteiger charge is 2.36. The van der Waals surface area contributed by atoms with Crippen LogP contribution in [0, 0.1) is 11.8 Å². The summed E-state index contributed by atoms with van der Waals surface area (Å²) in [6.45, 7) is 9.84. The van der Waals surface area contributed by atoms with Crippen molar-refractivity contribution in [2.45, 2.75) is 78.7 Å². The van der Waals surface area contributed by atoms with Gasteiger partial charge in [-0.3, -0.25) is 9.59 Å². The van der Waals surface area contributed by atoms with Crippen LogP contribution in [0.4, 0.5) is 0 Å². The van der Waals surface area contributed by atoms with Gasteiger partial charge < -0.3 is 9.84 Å². The lowest BCUT2D eigenvalue weighted by molar-refractivity contribution is -0.138. The molecule has 2 unspecified atom stereocenters. The number of carboxylic acid groups (broad SMARTS) is 1. The number of hydrogen-bond donors (Lipinski definition) is 1. The number of carbonyl (C=O) groups excluding carboxylic acids is 1. The summed E-state index contributed by atoms with van der Waals surface area (Å²) in [5.41, 5.74) is 0.647. The van der Waals surface area contributed by atoms with Crippen LogP contribution in [0.2, 0.25) is 0 Å². The quantitative estimate of drug-likeness (QED) is 0.577. The topological polar surface area (TPSA) is 63.6 Å². The summed E-state index contributed by atoms with van der Waals surface area (Å²) in [5, 5.41) is 8.75. The average molecular weight is 336 g/mol. The van der Waals surface area contributed by atoms with Gasteiger partial charge in [-0.1, -0.05) is 25.5 Å². The Kier molecular flexibility index (Phi) is 7.71. The van der Waals surface area contributed by atoms with Crippen LogP contribution in [0.5, 0.6) is 0 Å². The molecular formula is C20H32O4. The summed E-state index contributed by atoms with van der Waals surface area (Å²) < 4.78 is 5.75. The molecule has 0 aromatic carbocycles. The van der Waals surface area contributed by atoms with Crippen LogP contribution in [0.15, 0.2) is 23.5 Å². The first-order valence-electron chi connectivity index (χ1n) is 8.94. The Morgan fingerprint density at radius 2 is 2.00 bits per heavy atom. The van der Waals surface area contributed by atoms with Crippen molar-refractivity contribution in [1.29, 1.82) is 0 Å². The molecule has 136 valence electrons. The maximum Gasteiger partial charge on any atom is 0.303 e. The molecule has 1 N–H and O–H groups in total. The third-order valence-corrected chi connectivity index (χ3v) is 4.61. The first-order chi connectivity index (χ1) is 11.1. The standard InChI is InChI=1S/C20H32O4/c1-14(8-6-10-15(2)12-19(22)23)9-7-11-16(3)17-13-18(21)20(4,5)24-17/h8,13,15-16H,6-7,9-12H2,1-5H3,(H,22,23)/b14-8+. The highest BCUT2D eigenvalue weighted by atomic mass is 16.5. The van der Waals surface area contributed by atoms with Gasteiger partial charge in [0, 0.05) is 18.4 Å². The number of rotatable bonds is 10. The fraction of sp³-hybridized carbons (Fsp3) is 0.700. The van der Waals surface area contributed by atoms with Crippen LogP contribution in [-0.2, 0) is 14.3 Å². The lowest BCUT2D eigenvalue weighted by Gasteiger charge is -2.21. The van der Waals surface area contributed by atoms with Crippen LogP contribution in [0.3, 0.4) is 0 Å². The van der Waals surface area contributed by atoms with Gasteiger partial charge in [-0.25, -0.2) is 0 Å². The van der Waals surface area contributed by atoms with Gasteiger partial charge in [0.25, 0.3) is 0 Å². The van der Waals surface area contributed by atoms with Crippen LogP contribution < -0.4 is 0 Å². The molecule has 2 atom stereocenters. The van der Waals surface area contributed by atoms with E-state index in [9.17, 15) is 9.59 Å². The second-order valence-corrected chi connectivity index (χ2v) is 7.65. The summed E-state index contributed by atoms with van der Waals surface area (Å²) in [7, 11) is 0. The average Bonchev–Trinajstić information content (AvgIpc) is 2.72. The van der Waals surface area contributed by atoms with Gasteiger partial charge in [-0.2, -0.15) is 0 Å². The second kappa shape index (κ2) is 9.05. The van der Waals surface area contributed by atoms with Crippen molar-refractivity contribution in [2.75, 3.05) is 0 Å². The van der Waals surface area contributed by atoms with E-state index in [4.69, 9.17) is 9.84 Å². The Bertz CT molecular complexity index is 514. The molecule has 0 fully saturated rings. The number of carboxylic acids is 1. The number of carbonyl (C=O) groups is 2. The Hall–Kier alpha value is -1.58. The Morgan fingerprint density at radius 1 is 1.33 bits per heavy atom. The van der Waals surface area contributed by atoms with Gasteiger partial charge in [0.15, 0.2) is 5.60 Å². The molecule has 1 heterocycles. The smallest absolute Gasteiger partial charge is 0.303 e. The van der Waals surface area contributed by atoms with Gasteiger partial charge in [-0.05, 0) is 58.8 Å². The molecule has 4 heteroatoms. The summed E-state index contributed by atoms with van der Waals surface area (Å²) >= 11 is 0. The van der Waals surface area contributed by atoms with E-state index in [1.807, 2.05) is 20.8 Å². The second-order valence-electron chi connectivity index (χ2n) is 7.65. The molecule has 0 radical (unpaired) electrons. The first kappa shape index (κ1) is 20.5. The van der Waals surface area contributed by atoms with Gasteiger partial charge in [0.05, 0.1) is 0 Å². The molecule has 0 aromatic heterocycles. The molecule has 0 spiro atoms. The summed E-state index contributed by atoms with van der Waals surface area (Å²) in [6, 6.07) is 0. The van der Waals surface area contributed by atoms with Crippen LogP contribution in [-0.4, -0.2) is 22.5 Å². The van der Waals surface area contributed by atoms with Crippen molar-refractivity contribution in [3.8, 4) is 0 Å².